The van der Waals surface area contributed by atoms with Crippen molar-refractivity contribution in [2.24, 2.45) is 0 Å². The zero-order valence-electron chi connectivity index (χ0n) is 15.7. The lowest BCUT2D eigenvalue weighted by atomic mass is 10.1. The van der Waals surface area contributed by atoms with Crippen LogP contribution < -0.4 is 10.1 Å². The number of hydrogen-bond acceptors (Lipinski definition) is 3. The Morgan fingerprint density at radius 2 is 2.11 bits per heavy atom. The molecule has 4 aromatic rings. The van der Waals surface area contributed by atoms with Crippen LogP contribution in [0.3, 0.4) is 0 Å². The highest BCUT2D eigenvalue weighted by molar-refractivity contribution is 5.91. The first kappa shape index (κ1) is 17.9. The Labute approximate surface area is 163 Å². The van der Waals surface area contributed by atoms with Crippen molar-refractivity contribution in [1.82, 2.24) is 14.8 Å². The number of carbonyl (C=O) groups is 1. The number of amides is 1. The van der Waals surface area contributed by atoms with E-state index >= 15 is 0 Å². The van der Waals surface area contributed by atoms with Gasteiger partial charge >= 0.3 is 0 Å². The van der Waals surface area contributed by atoms with Gasteiger partial charge in [0.25, 0.3) is 0 Å². The van der Waals surface area contributed by atoms with Gasteiger partial charge in [0.1, 0.15) is 5.75 Å². The molecule has 0 aliphatic heterocycles. The van der Waals surface area contributed by atoms with Gasteiger partial charge in [-0.25, -0.2) is 0 Å². The smallest absolute Gasteiger partial charge is 0.224 e. The van der Waals surface area contributed by atoms with Gasteiger partial charge < -0.3 is 15.0 Å². The van der Waals surface area contributed by atoms with Gasteiger partial charge in [-0.3, -0.25) is 9.48 Å². The monoisotopic (exact) mass is 374 g/mol. The Morgan fingerprint density at radius 3 is 3.00 bits per heavy atom. The van der Waals surface area contributed by atoms with E-state index in [0.717, 1.165) is 22.4 Å². The third-order valence-corrected chi connectivity index (χ3v) is 4.69. The molecule has 2 aromatic carbocycles. The summed E-state index contributed by atoms with van der Waals surface area (Å²) in [5, 5.41) is 8.42. The average molecular weight is 374 g/mol. The number of fused-ring (bicyclic) bond motifs is 1. The Morgan fingerprint density at radius 1 is 1.21 bits per heavy atom. The van der Waals surface area contributed by atoms with Crippen molar-refractivity contribution in [2.45, 2.75) is 19.4 Å². The number of aromatic nitrogens is 3. The summed E-state index contributed by atoms with van der Waals surface area (Å²) in [6.45, 7) is 0.614. The van der Waals surface area contributed by atoms with Crippen LogP contribution in [0.2, 0.25) is 0 Å². The third-order valence-electron chi connectivity index (χ3n) is 4.69. The van der Waals surface area contributed by atoms with Crippen LogP contribution in [0.4, 0.5) is 5.69 Å². The molecule has 142 valence electrons. The first-order valence-corrected chi connectivity index (χ1v) is 9.21. The van der Waals surface area contributed by atoms with Gasteiger partial charge in [-0.05, 0) is 35.7 Å². The number of H-pyrrole nitrogens is 1. The normalized spacial score (nSPS) is 10.9. The van der Waals surface area contributed by atoms with Gasteiger partial charge in [0, 0.05) is 29.7 Å². The lowest BCUT2D eigenvalue weighted by Crippen LogP contribution is -2.11. The number of methoxy groups -OCH3 is 1. The molecule has 0 bridgehead atoms. The van der Waals surface area contributed by atoms with Crippen LogP contribution in [0.5, 0.6) is 5.75 Å². The molecule has 0 aliphatic rings. The molecular weight excluding hydrogens is 352 g/mol. The van der Waals surface area contributed by atoms with Gasteiger partial charge in [0.15, 0.2) is 0 Å². The van der Waals surface area contributed by atoms with Crippen LogP contribution in [0, 0.1) is 0 Å². The summed E-state index contributed by atoms with van der Waals surface area (Å²) in [5.41, 5.74) is 4.03. The maximum atomic E-state index is 12.3. The molecule has 4 rings (SSSR count). The largest absolute Gasteiger partial charge is 0.497 e. The zero-order chi connectivity index (χ0) is 19.3. The van der Waals surface area contributed by atoms with Crippen molar-refractivity contribution in [3.8, 4) is 5.75 Å². The van der Waals surface area contributed by atoms with Crippen LogP contribution in [0.25, 0.3) is 10.9 Å². The van der Waals surface area contributed by atoms with E-state index in [4.69, 9.17) is 4.74 Å². The van der Waals surface area contributed by atoms with Crippen molar-refractivity contribution < 1.29 is 9.53 Å². The molecule has 2 N–H and O–H groups in total. The molecule has 0 saturated heterocycles. The third kappa shape index (κ3) is 4.06. The van der Waals surface area contributed by atoms with Gasteiger partial charge in [-0.15, -0.1) is 0 Å². The molecule has 6 nitrogen and oxygen atoms in total. The first-order chi connectivity index (χ1) is 13.7. The molecular formula is C22H22N4O2. The van der Waals surface area contributed by atoms with Crippen molar-refractivity contribution in [3.63, 3.8) is 0 Å². The highest BCUT2D eigenvalue weighted by Crippen LogP contribution is 2.19. The van der Waals surface area contributed by atoms with Crippen molar-refractivity contribution in [1.29, 1.82) is 0 Å². The number of benzene rings is 2. The molecule has 0 radical (unpaired) electrons. The first-order valence-electron chi connectivity index (χ1n) is 9.21. The second-order valence-corrected chi connectivity index (χ2v) is 6.69. The maximum absolute atomic E-state index is 12.3. The van der Waals surface area contributed by atoms with E-state index in [9.17, 15) is 4.79 Å². The van der Waals surface area contributed by atoms with Crippen molar-refractivity contribution >= 4 is 22.5 Å². The number of para-hydroxylation sites is 1. The fourth-order valence-corrected chi connectivity index (χ4v) is 3.28. The number of aromatic amines is 1. The number of nitrogens with one attached hydrogen (secondary N) is 2. The molecule has 1 amide bonds. The number of hydrogen-bond donors (Lipinski definition) is 2. The number of nitrogens with zero attached hydrogens (tertiary/aromatic N) is 2. The maximum Gasteiger partial charge on any atom is 0.224 e. The Balaban J connectivity index is 1.33. The molecule has 0 atom stereocenters. The number of anilines is 1. The summed E-state index contributed by atoms with van der Waals surface area (Å²) in [4.78, 5) is 15.6. The van der Waals surface area contributed by atoms with Crippen LogP contribution in [-0.2, 0) is 17.8 Å². The fourth-order valence-electron chi connectivity index (χ4n) is 3.28. The van der Waals surface area contributed by atoms with E-state index in [2.05, 4.69) is 21.5 Å². The van der Waals surface area contributed by atoms with Crippen molar-refractivity contribution in [2.75, 3.05) is 12.4 Å². The highest BCUT2D eigenvalue weighted by Gasteiger charge is 2.08. The average Bonchev–Trinajstić information content (AvgIpc) is 3.33. The summed E-state index contributed by atoms with van der Waals surface area (Å²) in [6.07, 6.45) is 6.59. The minimum Gasteiger partial charge on any atom is -0.497 e. The van der Waals surface area contributed by atoms with E-state index < -0.39 is 0 Å². The lowest BCUT2D eigenvalue weighted by Gasteiger charge is -2.05. The quantitative estimate of drug-likeness (QED) is 0.514. The molecule has 0 fully saturated rings. The zero-order valence-corrected chi connectivity index (χ0v) is 15.7. The predicted molar refractivity (Wildman–Crippen MR) is 110 cm³/mol. The molecule has 0 spiro atoms. The number of rotatable bonds is 7. The summed E-state index contributed by atoms with van der Waals surface area (Å²) >= 11 is 0. The van der Waals surface area contributed by atoms with Crippen LogP contribution in [0.1, 0.15) is 17.5 Å². The number of carbonyl (C=O) groups excluding carboxylic acids is 1. The van der Waals surface area contributed by atoms with E-state index in [1.807, 2.05) is 54.9 Å². The molecule has 2 heterocycles. The summed E-state index contributed by atoms with van der Waals surface area (Å²) in [5.74, 6) is 0.793. The van der Waals surface area contributed by atoms with Gasteiger partial charge in [-0.1, -0.05) is 30.3 Å². The van der Waals surface area contributed by atoms with Crippen LogP contribution in [-0.4, -0.2) is 27.8 Å². The highest BCUT2D eigenvalue weighted by atomic mass is 16.5. The topological polar surface area (TPSA) is 71.9 Å². The second-order valence-electron chi connectivity index (χ2n) is 6.69. The van der Waals surface area contributed by atoms with Gasteiger partial charge in [0.05, 0.1) is 25.5 Å². The summed E-state index contributed by atoms with van der Waals surface area (Å²) in [6, 6.07) is 16.0. The predicted octanol–water partition coefficient (Wildman–Crippen LogP) is 3.99. The second kappa shape index (κ2) is 8.00. The van der Waals surface area contributed by atoms with E-state index in [0.29, 0.717) is 25.1 Å². The number of aryl methyl sites for hydroxylation is 1. The molecule has 28 heavy (non-hydrogen) atoms. The lowest BCUT2D eigenvalue weighted by molar-refractivity contribution is -0.116. The van der Waals surface area contributed by atoms with Crippen LogP contribution in [0.15, 0.2) is 67.1 Å². The molecule has 2 aromatic heterocycles. The SMILES string of the molecule is COc1cccc(Cn2cc(NC(=O)CCc3c[nH]c4ccccc34)cn2)c1. The van der Waals surface area contributed by atoms with E-state index in [1.165, 1.54) is 5.39 Å². The minimum atomic E-state index is -0.0220. The Hall–Kier alpha value is -3.54. The van der Waals surface area contributed by atoms with Gasteiger partial charge in [-0.2, -0.15) is 5.10 Å². The summed E-state index contributed by atoms with van der Waals surface area (Å²) in [7, 11) is 1.65. The summed E-state index contributed by atoms with van der Waals surface area (Å²) < 4.78 is 7.04. The standard InChI is InChI=1S/C22H22N4O2/c1-28-19-6-4-5-16(11-19)14-26-15-18(13-24-26)25-22(27)10-9-17-12-23-21-8-3-2-7-20(17)21/h2-8,11-13,15,23H,9-10,14H2,1H3,(H,25,27). The molecule has 0 unspecified atom stereocenters. The van der Waals surface area contributed by atoms with E-state index in [1.54, 1.807) is 18.0 Å². The number of ether oxygens (including phenoxy) is 1. The Bertz CT molecular complexity index is 1100. The molecule has 0 saturated carbocycles. The molecule has 0 aliphatic carbocycles. The van der Waals surface area contributed by atoms with E-state index in [-0.39, 0.29) is 5.91 Å². The van der Waals surface area contributed by atoms with Crippen LogP contribution >= 0.6 is 0 Å². The fraction of sp³-hybridized carbons (Fsp3) is 0.182. The van der Waals surface area contributed by atoms with Crippen molar-refractivity contribution in [3.05, 3.63) is 78.2 Å². The Kier molecular flexibility index (Phi) is 5.10. The minimum absolute atomic E-state index is 0.0220. The molecule has 6 heteroatoms. The van der Waals surface area contributed by atoms with Gasteiger partial charge in [0.2, 0.25) is 5.91 Å².